The van der Waals surface area contributed by atoms with E-state index >= 15 is 0 Å². The molecule has 0 spiro atoms. The number of hydrogen-bond acceptors (Lipinski definition) is 7. The molecule has 6 nitrogen and oxygen atoms in total. The monoisotopic (exact) mass is 309 g/mol. The van der Waals surface area contributed by atoms with Gasteiger partial charge in [-0.15, -0.1) is 0 Å². The lowest BCUT2D eigenvalue weighted by molar-refractivity contribution is 0.398. The molecule has 0 bridgehead atoms. The molecular formula is C15H11N5OS. The minimum Gasteiger partial charge on any atom is -0.481 e. The summed E-state index contributed by atoms with van der Waals surface area (Å²) in [6, 6.07) is 7.51. The number of hydrogen-bond donors (Lipinski definition) is 1. The third-order valence-corrected chi connectivity index (χ3v) is 3.73. The van der Waals surface area contributed by atoms with Crippen LogP contribution in [-0.2, 0) is 0 Å². The largest absolute Gasteiger partial charge is 0.481 e. The van der Waals surface area contributed by atoms with Crippen LogP contribution in [0.5, 0.6) is 5.88 Å². The van der Waals surface area contributed by atoms with Gasteiger partial charge in [-0.05, 0) is 23.7 Å². The SMILES string of the molecule is COc1ccc(-c2cc(-c3cnsc3)c(C#N)c(N)n2)cn1. The standard InChI is InChI=1S/C15H11N5OS/c1-21-14-3-2-9(6-18-14)13-4-11(10-7-19-22-8-10)12(5-16)15(17)20-13/h2-4,6-8H,1H3,(H2,17,20). The van der Waals surface area contributed by atoms with Gasteiger partial charge >= 0.3 is 0 Å². The molecule has 108 valence electrons. The van der Waals surface area contributed by atoms with Gasteiger partial charge in [0.15, 0.2) is 0 Å². The number of aromatic nitrogens is 3. The zero-order chi connectivity index (χ0) is 15.5. The first kappa shape index (κ1) is 14.0. The highest BCUT2D eigenvalue weighted by atomic mass is 32.1. The topological polar surface area (TPSA) is 97.7 Å². The Hall–Kier alpha value is -2.98. The third kappa shape index (κ3) is 2.47. The van der Waals surface area contributed by atoms with E-state index in [1.807, 2.05) is 17.5 Å². The number of nitrogens with two attached hydrogens (primary N) is 1. The van der Waals surface area contributed by atoms with Crippen molar-refractivity contribution in [3.8, 4) is 34.3 Å². The fourth-order valence-electron chi connectivity index (χ4n) is 2.05. The third-order valence-electron chi connectivity index (χ3n) is 3.14. The van der Waals surface area contributed by atoms with Gasteiger partial charge < -0.3 is 10.5 Å². The predicted molar refractivity (Wildman–Crippen MR) is 84.3 cm³/mol. The highest BCUT2D eigenvalue weighted by Crippen LogP contribution is 2.31. The normalized spacial score (nSPS) is 10.2. The van der Waals surface area contributed by atoms with Crippen LogP contribution in [-0.4, -0.2) is 21.5 Å². The Kier molecular flexibility index (Phi) is 3.68. The summed E-state index contributed by atoms with van der Waals surface area (Å²) < 4.78 is 9.11. The van der Waals surface area contributed by atoms with Gasteiger partial charge in [0.2, 0.25) is 5.88 Å². The fourth-order valence-corrected chi connectivity index (χ4v) is 2.58. The van der Waals surface area contributed by atoms with E-state index in [9.17, 15) is 5.26 Å². The van der Waals surface area contributed by atoms with Crippen LogP contribution >= 0.6 is 11.5 Å². The average molecular weight is 309 g/mol. The molecule has 3 heterocycles. The predicted octanol–water partition coefficient (Wildman–Crippen LogP) is 2.73. The van der Waals surface area contributed by atoms with Gasteiger partial charge in [0.25, 0.3) is 0 Å². The smallest absolute Gasteiger partial charge is 0.212 e. The van der Waals surface area contributed by atoms with Crippen molar-refractivity contribution in [1.29, 1.82) is 5.26 Å². The molecular weight excluding hydrogens is 298 g/mol. The number of anilines is 1. The van der Waals surface area contributed by atoms with Crippen LogP contribution in [0.25, 0.3) is 22.4 Å². The quantitative estimate of drug-likeness (QED) is 0.799. The number of pyridine rings is 2. The molecule has 0 radical (unpaired) electrons. The van der Waals surface area contributed by atoms with E-state index in [-0.39, 0.29) is 5.82 Å². The van der Waals surface area contributed by atoms with Crippen molar-refractivity contribution >= 4 is 17.4 Å². The van der Waals surface area contributed by atoms with Crippen molar-refractivity contribution in [3.05, 3.63) is 41.5 Å². The van der Waals surface area contributed by atoms with E-state index in [0.717, 1.165) is 16.7 Å². The average Bonchev–Trinajstić information content (AvgIpc) is 3.08. The fraction of sp³-hybridized carbons (Fsp3) is 0.0667. The molecule has 0 unspecified atom stereocenters. The first-order chi connectivity index (χ1) is 10.7. The molecule has 0 saturated heterocycles. The summed E-state index contributed by atoms with van der Waals surface area (Å²) in [6.45, 7) is 0. The lowest BCUT2D eigenvalue weighted by atomic mass is 10.0. The Morgan fingerprint density at radius 2 is 2.14 bits per heavy atom. The van der Waals surface area contributed by atoms with E-state index < -0.39 is 0 Å². The number of nitriles is 1. The molecule has 0 aliphatic rings. The van der Waals surface area contributed by atoms with Crippen molar-refractivity contribution in [2.75, 3.05) is 12.8 Å². The van der Waals surface area contributed by atoms with Gasteiger partial charge in [0.1, 0.15) is 17.5 Å². The minimum atomic E-state index is 0.192. The van der Waals surface area contributed by atoms with Crippen molar-refractivity contribution in [3.63, 3.8) is 0 Å². The zero-order valence-corrected chi connectivity index (χ0v) is 12.5. The van der Waals surface area contributed by atoms with Crippen LogP contribution < -0.4 is 10.5 Å². The maximum Gasteiger partial charge on any atom is 0.212 e. The van der Waals surface area contributed by atoms with Crippen molar-refractivity contribution in [2.24, 2.45) is 0 Å². The van der Waals surface area contributed by atoms with Gasteiger partial charge in [0, 0.05) is 40.5 Å². The van der Waals surface area contributed by atoms with E-state index in [1.54, 1.807) is 25.6 Å². The Morgan fingerprint density at radius 3 is 2.73 bits per heavy atom. The van der Waals surface area contributed by atoms with Crippen LogP contribution in [0.4, 0.5) is 5.82 Å². The van der Waals surface area contributed by atoms with E-state index in [4.69, 9.17) is 10.5 Å². The molecule has 0 aliphatic heterocycles. The molecule has 3 aromatic rings. The van der Waals surface area contributed by atoms with Gasteiger partial charge in [-0.3, -0.25) is 0 Å². The van der Waals surface area contributed by atoms with Crippen LogP contribution in [0.2, 0.25) is 0 Å². The lowest BCUT2D eigenvalue weighted by Crippen LogP contribution is -1.99. The Balaban J connectivity index is 2.15. The summed E-state index contributed by atoms with van der Waals surface area (Å²) in [5.74, 6) is 0.713. The molecule has 2 N–H and O–H groups in total. The number of nitrogens with zero attached hydrogens (tertiary/aromatic N) is 4. The molecule has 0 saturated carbocycles. The highest BCUT2D eigenvalue weighted by molar-refractivity contribution is 7.03. The molecule has 0 fully saturated rings. The summed E-state index contributed by atoms with van der Waals surface area (Å²) in [4.78, 5) is 8.46. The minimum absolute atomic E-state index is 0.192. The second-order valence-electron chi connectivity index (χ2n) is 4.43. The van der Waals surface area contributed by atoms with Crippen molar-refractivity contribution in [2.45, 2.75) is 0 Å². The number of rotatable bonds is 3. The molecule has 7 heteroatoms. The van der Waals surface area contributed by atoms with Crippen LogP contribution in [0.15, 0.2) is 36.0 Å². The Morgan fingerprint density at radius 1 is 1.27 bits per heavy atom. The molecule has 0 atom stereocenters. The first-order valence-electron chi connectivity index (χ1n) is 6.33. The zero-order valence-electron chi connectivity index (χ0n) is 11.6. The molecule has 0 aromatic carbocycles. The van der Waals surface area contributed by atoms with Crippen molar-refractivity contribution in [1.82, 2.24) is 14.3 Å². The molecule has 3 aromatic heterocycles. The van der Waals surface area contributed by atoms with E-state index in [2.05, 4.69) is 20.4 Å². The summed E-state index contributed by atoms with van der Waals surface area (Å²) in [5, 5.41) is 11.2. The van der Waals surface area contributed by atoms with E-state index in [1.165, 1.54) is 11.5 Å². The van der Waals surface area contributed by atoms with Gasteiger partial charge in [-0.2, -0.15) is 5.26 Å². The van der Waals surface area contributed by atoms with Gasteiger partial charge in [-0.25, -0.2) is 14.3 Å². The van der Waals surface area contributed by atoms with Crippen molar-refractivity contribution < 1.29 is 4.74 Å². The summed E-state index contributed by atoms with van der Waals surface area (Å²) >= 11 is 1.32. The number of ether oxygens (including phenoxy) is 1. The maximum absolute atomic E-state index is 9.31. The summed E-state index contributed by atoms with van der Waals surface area (Å²) in [5.41, 5.74) is 9.29. The number of nitrogen functional groups attached to an aromatic ring is 1. The molecule has 3 rings (SSSR count). The van der Waals surface area contributed by atoms with Crippen LogP contribution in [0.3, 0.4) is 0 Å². The number of methoxy groups -OCH3 is 1. The molecule has 0 aliphatic carbocycles. The van der Waals surface area contributed by atoms with Gasteiger partial charge in [-0.1, -0.05) is 0 Å². The van der Waals surface area contributed by atoms with E-state index in [0.29, 0.717) is 17.1 Å². The maximum atomic E-state index is 9.31. The molecule has 22 heavy (non-hydrogen) atoms. The second kappa shape index (κ2) is 5.79. The van der Waals surface area contributed by atoms with Gasteiger partial charge in [0.05, 0.1) is 12.8 Å². The Labute approximate surface area is 131 Å². The van der Waals surface area contributed by atoms with Crippen LogP contribution in [0.1, 0.15) is 5.56 Å². The summed E-state index contributed by atoms with van der Waals surface area (Å²) in [7, 11) is 1.56. The second-order valence-corrected chi connectivity index (χ2v) is 5.09. The highest BCUT2D eigenvalue weighted by Gasteiger charge is 2.14. The Bertz CT molecular complexity index is 838. The van der Waals surface area contributed by atoms with Crippen LogP contribution in [0, 0.1) is 11.3 Å². The molecule has 0 amide bonds. The summed E-state index contributed by atoms with van der Waals surface area (Å²) in [6.07, 6.45) is 3.36. The first-order valence-corrected chi connectivity index (χ1v) is 7.17. The lowest BCUT2D eigenvalue weighted by Gasteiger charge is -2.08.